The summed E-state index contributed by atoms with van der Waals surface area (Å²) in [4.78, 5) is 16.2. The second-order valence-electron chi connectivity index (χ2n) is 5.81. The van der Waals surface area contributed by atoms with Gasteiger partial charge in [-0.15, -0.1) is 0 Å². The number of carbonyl (C=O) groups excluding carboxylic acids is 1. The first-order valence-corrected chi connectivity index (χ1v) is 6.92. The van der Waals surface area contributed by atoms with Crippen molar-refractivity contribution in [2.45, 2.75) is 38.8 Å². The lowest BCUT2D eigenvalue weighted by Crippen LogP contribution is -2.74. The Morgan fingerprint density at radius 2 is 2.35 bits per heavy atom. The van der Waals surface area contributed by atoms with Crippen LogP contribution in [0, 0.1) is 5.41 Å². The van der Waals surface area contributed by atoms with E-state index < -0.39 is 5.54 Å². The van der Waals surface area contributed by atoms with Crippen LogP contribution in [0.4, 0.5) is 0 Å². The van der Waals surface area contributed by atoms with Gasteiger partial charge in [-0.25, -0.2) is 0 Å². The van der Waals surface area contributed by atoms with Gasteiger partial charge in [0.1, 0.15) is 0 Å². The zero-order valence-corrected chi connectivity index (χ0v) is 12.2. The van der Waals surface area contributed by atoms with Gasteiger partial charge in [0, 0.05) is 30.8 Å². The maximum absolute atomic E-state index is 12.3. The lowest BCUT2D eigenvalue weighted by molar-refractivity contribution is -0.172. The first kappa shape index (κ1) is 14.9. The standard InChI is InChI=1S/C15H22N2O3/c1-4-20-12-8-15(10-18,14(12,2)3)17-13(19)11-6-5-7-16-9-11/h5-7,9,12,18H,4,8,10H2,1-3H3,(H,17,19)/t12-,15-/m1/s1. The molecule has 1 saturated carbocycles. The highest BCUT2D eigenvalue weighted by atomic mass is 16.5. The van der Waals surface area contributed by atoms with Gasteiger partial charge < -0.3 is 15.2 Å². The Morgan fingerprint density at radius 3 is 2.85 bits per heavy atom. The van der Waals surface area contributed by atoms with E-state index in [1.165, 1.54) is 6.20 Å². The second-order valence-corrected chi connectivity index (χ2v) is 5.81. The van der Waals surface area contributed by atoms with E-state index >= 15 is 0 Å². The zero-order valence-electron chi connectivity index (χ0n) is 12.2. The number of ether oxygens (including phenoxy) is 1. The summed E-state index contributed by atoms with van der Waals surface area (Å²) in [7, 11) is 0. The fourth-order valence-electron chi connectivity index (χ4n) is 2.79. The number of nitrogens with zero attached hydrogens (tertiary/aromatic N) is 1. The molecule has 5 heteroatoms. The van der Waals surface area contributed by atoms with E-state index in [1.807, 2.05) is 20.8 Å². The third kappa shape index (κ3) is 2.31. The predicted molar refractivity (Wildman–Crippen MR) is 75.3 cm³/mol. The van der Waals surface area contributed by atoms with Crippen LogP contribution in [0.2, 0.25) is 0 Å². The summed E-state index contributed by atoms with van der Waals surface area (Å²) in [5.74, 6) is -0.213. The maximum Gasteiger partial charge on any atom is 0.253 e. The lowest BCUT2D eigenvalue weighted by atomic mass is 9.54. The van der Waals surface area contributed by atoms with Gasteiger partial charge in [0.2, 0.25) is 0 Å². The van der Waals surface area contributed by atoms with Crippen LogP contribution in [0.5, 0.6) is 0 Å². The number of carbonyl (C=O) groups is 1. The number of hydrogen-bond acceptors (Lipinski definition) is 4. The number of nitrogens with one attached hydrogen (secondary N) is 1. The van der Waals surface area contributed by atoms with Gasteiger partial charge >= 0.3 is 0 Å². The molecule has 0 bridgehead atoms. The van der Waals surface area contributed by atoms with Gasteiger partial charge in [-0.1, -0.05) is 13.8 Å². The number of aliphatic hydroxyl groups is 1. The van der Waals surface area contributed by atoms with Crippen molar-refractivity contribution in [3.8, 4) is 0 Å². The Balaban J connectivity index is 2.12. The van der Waals surface area contributed by atoms with Crippen molar-refractivity contribution >= 4 is 5.91 Å². The van der Waals surface area contributed by atoms with E-state index in [-0.39, 0.29) is 24.0 Å². The molecule has 0 unspecified atom stereocenters. The minimum absolute atomic E-state index is 0.0499. The van der Waals surface area contributed by atoms with Crippen LogP contribution in [0.25, 0.3) is 0 Å². The second kappa shape index (κ2) is 5.50. The molecule has 1 aliphatic carbocycles. The largest absolute Gasteiger partial charge is 0.394 e. The van der Waals surface area contributed by atoms with E-state index in [9.17, 15) is 9.90 Å². The van der Waals surface area contributed by atoms with Crippen LogP contribution in [0.3, 0.4) is 0 Å². The molecule has 1 fully saturated rings. The first-order chi connectivity index (χ1) is 9.47. The SMILES string of the molecule is CCO[C@@H]1C[C@](CO)(NC(=O)c2cccnc2)C1(C)C. The van der Waals surface area contributed by atoms with Crippen molar-refractivity contribution in [2.75, 3.05) is 13.2 Å². The van der Waals surface area contributed by atoms with E-state index in [1.54, 1.807) is 18.3 Å². The quantitative estimate of drug-likeness (QED) is 0.853. The predicted octanol–water partition coefficient (Wildman–Crippen LogP) is 1.38. The van der Waals surface area contributed by atoms with E-state index in [0.29, 0.717) is 18.6 Å². The first-order valence-electron chi connectivity index (χ1n) is 6.92. The molecule has 110 valence electrons. The number of hydrogen-bond donors (Lipinski definition) is 2. The third-order valence-corrected chi connectivity index (χ3v) is 4.49. The van der Waals surface area contributed by atoms with Crippen molar-refractivity contribution in [2.24, 2.45) is 5.41 Å². The Hall–Kier alpha value is -1.46. The average Bonchev–Trinajstić information content (AvgIpc) is 2.46. The Bertz CT molecular complexity index is 475. The third-order valence-electron chi connectivity index (χ3n) is 4.49. The summed E-state index contributed by atoms with van der Waals surface area (Å²) in [5, 5.41) is 12.7. The summed E-state index contributed by atoms with van der Waals surface area (Å²) >= 11 is 0. The van der Waals surface area contributed by atoms with Crippen molar-refractivity contribution in [3.63, 3.8) is 0 Å². The summed E-state index contributed by atoms with van der Waals surface area (Å²) in [6.07, 6.45) is 3.81. The van der Waals surface area contributed by atoms with Gasteiger partial charge in [0.15, 0.2) is 0 Å². The fraction of sp³-hybridized carbons (Fsp3) is 0.600. The molecule has 0 radical (unpaired) electrons. The normalized spacial score (nSPS) is 27.7. The molecule has 2 rings (SSSR count). The molecule has 1 heterocycles. The molecule has 20 heavy (non-hydrogen) atoms. The molecule has 5 nitrogen and oxygen atoms in total. The van der Waals surface area contributed by atoms with Crippen LogP contribution >= 0.6 is 0 Å². The molecule has 1 aliphatic rings. The minimum Gasteiger partial charge on any atom is -0.394 e. The number of pyridine rings is 1. The summed E-state index contributed by atoms with van der Waals surface area (Å²) in [6, 6.07) is 3.43. The summed E-state index contributed by atoms with van der Waals surface area (Å²) < 4.78 is 5.66. The van der Waals surface area contributed by atoms with E-state index in [4.69, 9.17) is 4.74 Å². The summed E-state index contributed by atoms with van der Waals surface area (Å²) in [5.41, 5.74) is -0.453. The van der Waals surface area contributed by atoms with Crippen LogP contribution in [0.1, 0.15) is 37.6 Å². The molecule has 2 N–H and O–H groups in total. The van der Waals surface area contributed by atoms with Gasteiger partial charge in [-0.3, -0.25) is 9.78 Å². The highest BCUT2D eigenvalue weighted by molar-refractivity contribution is 5.94. The van der Waals surface area contributed by atoms with Crippen molar-refractivity contribution < 1.29 is 14.6 Å². The van der Waals surface area contributed by atoms with E-state index in [0.717, 1.165) is 0 Å². The zero-order chi connectivity index (χ0) is 14.8. The van der Waals surface area contributed by atoms with Gasteiger partial charge in [0.05, 0.1) is 23.8 Å². The number of rotatable bonds is 5. The number of amides is 1. The van der Waals surface area contributed by atoms with Crippen LogP contribution in [-0.4, -0.2) is 40.9 Å². The fourth-order valence-corrected chi connectivity index (χ4v) is 2.79. The Morgan fingerprint density at radius 1 is 1.60 bits per heavy atom. The average molecular weight is 278 g/mol. The molecule has 0 aromatic carbocycles. The molecular formula is C15H22N2O3. The Kier molecular flexibility index (Phi) is 4.11. The minimum atomic E-state index is -0.639. The molecule has 0 saturated heterocycles. The lowest BCUT2D eigenvalue weighted by Gasteiger charge is -2.60. The van der Waals surface area contributed by atoms with Gasteiger partial charge in [-0.2, -0.15) is 0 Å². The molecular weight excluding hydrogens is 256 g/mol. The monoisotopic (exact) mass is 278 g/mol. The van der Waals surface area contributed by atoms with Crippen LogP contribution < -0.4 is 5.32 Å². The van der Waals surface area contributed by atoms with Crippen molar-refractivity contribution in [3.05, 3.63) is 30.1 Å². The highest BCUT2D eigenvalue weighted by Gasteiger charge is 2.61. The van der Waals surface area contributed by atoms with E-state index in [2.05, 4.69) is 10.3 Å². The van der Waals surface area contributed by atoms with Crippen LogP contribution in [-0.2, 0) is 4.74 Å². The smallest absolute Gasteiger partial charge is 0.253 e. The molecule has 0 spiro atoms. The highest BCUT2D eigenvalue weighted by Crippen LogP contribution is 2.51. The molecule has 1 amide bonds. The number of aliphatic hydroxyl groups excluding tert-OH is 1. The summed E-state index contributed by atoms with van der Waals surface area (Å²) in [6.45, 7) is 6.50. The number of aromatic nitrogens is 1. The maximum atomic E-state index is 12.3. The van der Waals surface area contributed by atoms with Crippen LogP contribution in [0.15, 0.2) is 24.5 Å². The molecule has 2 atom stereocenters. The topological polar surface area (TPSA) is 71.5 Å². The Labute approximate surface area is 119 Å². The molecule has 1 aromatic heterocycles. The molecule has 1 aromatic rings. The van der Waals surface area contributed by atoms with Crippen molar-refractivity contribution in [1.29, 1.82) is 0 Å². The van der Waals surface area contributed by atoms with Crippen molar-refractivity contribution in [1.82, 2.24) is 10.3 Å². The molecule has 0 aliphatic heterocycles. The van der Waals surface area contributed by atoms with Gasteiger partial charge in [0.25, 0.3) is 5.91 Å². The van der Waals surface area contributed by atoms with Gasteiger partial charge in [-0.05, 0) is 19.1 Å².